The number of anilines is 2. The minimum absolute atomic E-state index is 0.0457. The van der Waals surface area contributed by atoms with E-state index in [0.29, 0.717) is 5.75 Å². The van der Waals surface area contributed by atoms with Crippen LogP contribution in [0.1, 0.15) is 12.5 Å². The average molecular weight is 381 g/mol. The highest BCUT2D eigenvalue weighted by molar-refractivity contribution is 7.99. The van der Waals surface area contributed by atoms with Crippen LogP contribution in [-0.4, -0.2) is 34.8 Å². The predicted molar refractivity (Wildman–Crippen MR) is 113 cm³/mol. The van der Waals surface area contributed by atoms with Crippen molar-refractivity contribution in [2.24, 2.45) is 0 Å². The number of benzene rings is 2. The van der Waals surface area contributed by atoms with Crippen molar-refractivity contribution in [2.75, 3.05) is 29.6 Å². The zero-order chi connectivity index (χ0) is 19.2. The molecule has 1 aromatic heterocycles. The monoisotopic (exact) mass is 380 g/mol. The molecule has 27 heavy (non-hydrogen) atoms. The second-order valence-corrected chi connectivity index (χ2v) is 7.21. The zero-order valence-corrected chi connectivity index (χ0v) is 16.7. The molecule has 6 heteroatoms. The van der Waals surface area contributed by atoms with Gasteiger partial charge in [0, 0.05) is 37.4 Å². The summed E-state index contributed by atoms with van der Waals surface area (Å²) < 4.78 is 2.02. The topological polar surface area (TPSA) is 50.2 Å². The third-order valence-electron chi connectivity index (χ3n) is 4.36. The summed E-state index contributed by atoms with van der Waals surface area (Å²) in [7, 11) is 2.03. The van der Waals surface area contributed by atoms with Crippen LogP contribution in [0.5, 0.6) is 0 Å². The van der Waals surface area contributed by atoms with Crippen molar-refractivity contribution >= 4 is 29.0 Å². The summed E-state index contributed by atoms with van der Waals surface area (Å²) in [6.07, 6.45) is 3.68. The van der Waals surface area contributed by atoms with Gasteiger partial charge in [-0.1, -0.05) is 36.0 Å². The van der Waals surface area contributed by atoms with Gasteiger partial charge in [-0.2, -0.15) is 0 Å². The molecule has 1 heterocycles. The Balaban J connectivity index is 1.64. The summed E-state index contributed by atoms with van der Waals surface area (Å²) in [5, 5.41) is 3.78. The molecule has 0 spiro atoms. The molecule has 0 aliphatic heterocycles. The molecule has 0 saturated carbocycles. The molecule has 140 valence electrons. The third kappa shape index (κ3) is 4.71. The van der Waals surface area contributed by atoms with Crippen LogP contribution in [0.2, 0.25) is 0 Å². The van der Waals surface area contributed by atoms with Crippen molar-refractivity contribution in [2.45, 2.75) is 19.0 Å². The van der Waals surface area contributed by atoms with Gasteiger partial charge < -0.3 is 10.2 Å². The second kappa shape index (κ2) is 8.77. The maximum atomic E-state index is 12.4. The van der Waals surface area contributed by atoms with Crippen molar-refractivity contribution in [3.05, 3.63) is 66.5 Å². The number of carbonyl (C=O) groups is 1. The maximum absolute atomic E-state index is 12.4. The first-order chi connectivity index (χ1) is 13.1. The Kier molecular flexibility index (Phi) is 6.19. The van der Waals surface area contributed by atoms with E-state index in [9.17, 15) is 4.79 Å². The molecule has 0 aliphatic rings. The molecular weight excluding hydrogens is 356 g/mol. The number of rotatable bonds is 7. The average Bonchev–Trinajstić information content (AvgIpc) is 3.14. The smallest absolute Gasteiger partial charge is 0.234 e. The van der Waals surface area contributed by atoms with Gasteiger partial charge in [0.15, 0.2) is 5.16 Å². The van der Waals surface area contributed by atoms with E-state index in [1.165, 1.54) is 17.3 Å². The van der Waals surface area contributed by atoms with Crippen LogP contribution in [0.4, 0.5) is 11.4 Å². The molecule has 3 aromatic rings. The van der Waals surface area contributed by atoms with Crippen LogP contribution >= 0.6 is 11.8 Å². The molecule has 5 nitrogen and oxygen atoms in total. The Hall–Kier alpha value is -2.73. The lowest BCUT2D eigenvalue weighted by Gasteiger charge is -2.17. The van der Waals surface area contributed by atoms with E-state index in [0.717, 1.165) is 28.8 Å². The molecule has 0 saturated heterocycles. The highest BCUT2D eigenvalue weighted by Gasteiger charge is 2.11. The van der Waals surface area contributed by atoms with E-state index in [1.54, 1.807) is 6.20 Å². The molecule has 0 atom stereocenters. The lowest BCUT2D eigenvalue weighted by atomic mass is 10.2. The Bertz CT molecular complexity index is 922. The number of aromatic nitrogens is 2. The van der Waals surface area contributed by atoms with Gasteiger partial charge in [0.25, 0.3) is 0 Å². The summed E-state index contributed by atoms with van der Waals surface area (Å²) in [5.41, 5.74) is 4.13. The summed E-state index contributed by atoms with van der Waals surface area (Å²) >= 11 is 1.43. The molecule has 1 amide bonds. The molecule has 0 radical (unpaired) electrons. The molecule has 2 aromatic carbocycles. The molecule has 0 aliphatic carbocycles. The van der Waals surface area contributed by atoms with Gasteiger partial charge in [-0.25, -0.2) is 4.98 Å². The zero-order valence-electron chi connectivity index (χ0n) is 15.8. The first-order valence-electron chi connectivity index (χ1n) is 8.91. The lowest BCUT2D eigenvalue weighted by Crippen LogP contribution is -2.17. The van der Waals surface area contributed by atoms with Crippen LogP contribution < -0.4 is 10.2 Å². The maximum Gasteiger partial charge on any atom is 0.234 e. The summed E-state index contributed by atoms with van der Waals surface area (Å²) in [4.78, 5) is 18.9. The number of imidazole rings is 1. The SMILES string of the molecule is CCN(C)c1cccc(NC(=O)CSc2nccn2-c2ccccc2C)c1. The Labute approximate surface area is 164 Å². The molecular formula is C21H24N4OS. The van der Waals surface area contributed by atoms with Crippen LogP contribution in [0.3, 0.4) is 0 Å². The summed E-state index contributed by atoms with van der Waals surface area (Å²) in [6, 6.07) is 16.0. The minimum Gasteiger partial charge on any atom is -0.375 e. The van der Waals surface area contributed by atoms with Gasteiger partial charge >= 0.3 is 0 Å². The highest BCUT2D eigenvalue weighted by atomic mass is 32.2. The third-order valence-corrected chi connectivity index (χ3v) is 5.33. The Morgan fingerprint density at radius 3 is 2.81 bits per heavy atom. The number of amides is 1. The van der Waals surface area contributed by atoms with Crippen LogP contribution in [0.15, 0.2) is 66.1 Å². The van der Waals surface area contributed by atoms with Gasteiger partial charge in [0.05, 0.1) is 11.4 Å². The largest absolute Gasteiger partial charge is 0.375 e. The molecule has 3 rings (SSSR count). The van der Waals surface area contributed by atoms with E-state index >= 15 is 0 Å². The van der Waals surface area contributed by atoms with E-state index in [1.807, 2.05) is 54.2 Å². The number of aryl methyl sites for hydroxylation is 1. The van der Waals surface area contributed by atoms with Crippen molar-refractivity contribution in [3.63, 3.8) is 0 Å². The number of thioether (sulfide) groups is 1. The fourth-order valence-electron chi connectivity index (χ4n) is 2.74. The molecule has 0 bridgehead atoms. The Morgan fingerprint density at radius 2 is 2.04 bits per heavy atom. The van der Waals surface area contributed by atoms with Gasteiger partial charge in [-0.05, 0) is 43.7 Å². The first-order valence-corrected chi connectivity index (χ1v) is 9.90. The first kappa shape index (κ1) is 19.0. The number of carbonyl (C=O) groups excluding carboxylic acids is 1. The fourth-order valence-corrected chi connectivity index (χ4v) is 3.51. The number of hydrogen-bond donors (Lipinski definition) is 1. The second-order valence-electron chi connectivity index (χ2n) is 6.27. The van der Waals surface area contributed by atoms with Gasteiger partial charge in [-0.15, -0.1) is 0 Å². The van der Waals surface area contributed by atoms with Crippen molar-refractivity contribution in [1.29, 1.82) is 0 Å². The number of nitrogens with one attached hydrogen (secondary N) is 1. The van der Waals surface area contributed by atoms with Gasteiger partial charge in [-0.3, -0.25) is 9.36 Å². The van der Waals surface area contributed by atoms with Gasteiger partial charge in [0.1, 0.15) is 0 Å². The van der Waals surface area contributed by atoms with Crippen LogP contribution in [0.25, 0.3) is 5.69 Å². The normalized spacial score (nSPS) is 10.6. The van der Waals surface area contributed by atoms with Crippen molar-refractivity contribution < 1.29 is 4.79 Å². The number of nitrogens with zero attached hydrogens (tertiary/aromatic N) is 3. The van der Waals surface area contributed by atoms with Crippen LogP contribution in [0, 0.1) is 6.92 Å². The molecule has 1 N–H and O–H groups in total. The molecule has 0 fully saturated rings. The quantitative estimate of drug-likeness (QED) is 0.619. The van der Waals surface area contributed by atoms with E-state index in [4.69, 9.17) is 0 Å². The van der Waals surface area contributed by atoms with Crippen molar-refractivity contribution in [1.82, 2.24) is 9.55 Å². The van der Waals surface area contributed by atoms with Gasteiger partial charge in [0.2, 0.25) is 5.91 Å². The van der Waals surface area contributed by atoms with E-state index in [2.05, 4.69) is 41.2 Å². The number of hydrogen-bond acceptors (Lipinski definition) is 4. The fraction of sp³-hybridized carbons (Fsp3) is 0.238. The Morgan fingerprint density at radius 1 is 1.22 bits per heavy atom. The minimum atomic E-state index is -0.0457. The summed E-state index contributed by atoms with van der Waals surface area (Å²) in [6.45, 7) is 5.07. The number of para-hydroxylation sites is 1. The lowest BCUT2D eigenvalue weighted by molar-refractivity contribution is -0.113. The standard InChI is InChI=1S/C21H24N4OS/c1-4-24(3)18-10-7-9-17(14-18)23-20(26)15-27-21-22-12-13-25(21)19-11-6-5-8-16(19)2/h5-14H,4,15H2,1-3H3,(H,23,26). The van der Waals surface area contributed by atoms with Crippen LogP contribution in [-0.2, 0) is 4.79 Å². The highest BCUT2D eigenvalue weighted by Crippen LogP contribution is 2.23. The van der Waals surface area contributed by atoms with E-state index < -0.39 is 0 Å². The summed E-state index contributed by atoms with van der Waals surface area (Å²) in [5.74, 6) is 0.257. The predicted octanol–water partition coefficient (Wildman–Crippen LogP) is 4.37. The van der Waals surface area contributed by atoms with Crippen molar-refractivity contribution in [3.8, 4) is 5.69 Å². The van der Waals surface area contributed by atoms with E-state index in [-0.39, 0.29) is 5.91 Å². The molecule has 0 unspecified atom stereocenters.